The number of nitrogens with one attached hydrogen (secondary N) is 1. The summed E-state index contributed by atoms with van der Waals surface area (Å²) < 4.78 is 5.56. The van der Waals surface area contributed by atoms with Crippen molar-refractivity contribution >= 4 is 29.1 Å². The zero-order valence-corrected chi connectivity index (χ0v) is 16.4. The van der Waals surface area contributed by atoms with Gasteiger partial charge in [0, 0.05) is 35.6 Å². The van der Waals surface area contributed by atoms with Gasteiger partial charge in [-0.2, -0.15) is 0 Å². The summed E-state index contributed by atoms with van der Waals surface area (Å²) in [6.45, 7) is 3.98. The molecular formula is C20H20N4O3S. The van der Waals surface area contributed by atoms with Gasteiger partial charge in [0.05, 0.1) is 5.75 Å². The molecule has 2 aromatic heterocycles. The van der Waals surface area contributed by atoms with Gasteiger partial charge in [0.2, 0.25) is 11.8 Å². The first-order valence-corrected chi connectivity index (χ1v) is 9.79. The van der Waals surface area contributed by atoms with E-state index in [-0.39, 0.29) is 17.4 Å². The van der Waals surface area contributed by atoms with Crippen LogP contribution in [0.1, 0.15) is 30.6 Å². The number of anilines is 1. The fourth-order valence-electron chi connectivity index (χ4n) is 2.41. The summed E-state index contributed by atoms with van der Waals surface area (Å²) in [5.74, 6) is 0.761. The summed E-state index contributed by atoms with van der Waals surface area (Å²) in [6, 6.07) is 10.4. The first-order chi connectivity index (χ1) is 13.5. The number of pyridine rings is 1. The summed E-state index contributed by atoms with van der Waals surface area (Å²) in [7, 11) is 0. The lowest BCUT2D eigenvalue weighted by Crippen LogP contribution is -2.14. The fourth-order valence-corrected chi connectivity index (χ4v) is 3.07. The predicted molar refractivity (Wildman–Crippen MR) is 107 cm³/mol. The third kappa shape index (κ3) is 5.50. The van der Waals surface area contributed by atoms with Gasteiger partial charge in [0.1, 0.15) is 0 Å². The Hall–Kier alpha value is -3.00. The van der Waals surface area contributed by atoms with Gasteiger partial charge in [-0.3, -0.25) is 14.6 Å². The summed E-state index contributed by atoms with van der Waals surface area (Å²) in [6.07, 6.45) is 3.75. The Kier molecular flexibility index (Phi) is 6.54. The molecule has 0 saturated heterocycles. The number of Topliss-reactive ketones (excluding diaryl/α,β-unsaturated/α-hetero) is 1. The first-order valence-electron chi connectivity index (χ1n) is 8.81. The van der Waals surface area contributed by atoms with Gasteiger partial charge in [-0.15, -0.1) is 10.2 Å². The zero-order chi connectivity index (χ0) is 19.9. The molecule has 1 amide bonds. The Balaban J connectivity index is 1.54. The molecule has 0 unspecified atom stereocenters. The number of carbonyl (C=O) groups excluding carboxylic acids is 2. The molecule has 7 nitrogen and oxygen atoms in total. The number of aromatic nitrogens is 3. The molecule has 8 heteroatoms. The van der Waals surface area contributed by atoms with Crippen molar-refractivity contribution in [2.45, 2.75) is 25.5 Å². The maximum atomic E-state index is 12.4. The second-order valence-electron chi connectivity index (χ2n) is 6.54. The number of benzene rings is 1. The minimum Gasteiger partial charge on any atom is -0.411 e. The molecule has 1 N–H and O–H groups in total. The van der Waals surface area contributed by atoms with Crippen molar-refractivity contribution in [3.05, 3.63) is 54.4 Å². The molecule has 0 atom stereocenters. The highest BCUT2D eigenvalue weighted by Gasteiger charge is 2.13. The summed E-state index contributed by atoms with van der Waals surface area (Å²) in [5.41, 5.74) is 2.01. The first kappa shape index (κ1) is 19.8. The fraction of sp³-hybridized carbons (Fsp3) is 0.250. The highest BCUT2D eigenvalue weighted by Crippen LogP contribution is 2.23. The lowest BCUT2D eigenvalue weighted by Gasteiger charge is -2.07. The van der Waals surface area contributed by atoms with Crippen LogP contribution in [0.3, 0.4) is 0 Å². The Bertz CT molecular complexity index is 940. The molecule has 2 heterocycles. The zero-order valence-electron chi connectivity index (χ0n) is 15.6. The molecular weight excluding hydrogens is 376 g/mol. The van der Waals surface area contributed by atoms with E-state index in [1.807, 2.05) is 13.8 Å². The van der Waals surface area contributed by atoms with Crippen LogP contribution in [-0.4, -0.2) is 32.6 Å². The number of rotatable bonds is 8. The third-order valence-corrected chi connectivity index (χ3v) is 4.56. The minimum atomic E-state index is -0.0614. The van der Waals surface area contributed by atoms with E-state index in [4.69, 9.17) is 4.42 Å². The minimum absolute atomic E-state index is 0.0361. The van der Waals surface area contributed by atoms with E-state index in [0.717, 1.165) is 5.56 Å². The number of amides is 1. The topological polar surface area (TPSA) is 98.0 Å². The molecule has 0 spiro atoms. The number of carbonyl (C=O) groups is 2. The summed E-state index contributed by atoms with van der Waals surface area (Å²) in [4.78, 5) is 28.1. The van der Waals surface area contributed by atoms with Gasteiger partial charge < -0.3 is 9.73 Å². The van der Waals surface area contributed by atoms with E-state index < -0.39 is 0 Å². The molecule has 3 rings (SSSR count). The second-order valence-corrected chi connectivity index (χ2v) is 7.47. The van der Waals surface area contributed by atoms with Crippen LogP contribution >= 0.6 is 11.8 Å². The average molecular weight is 396 g/mol. The standard InChI is InChI=1S/C20H20N4O3S/c1-13(2)11-18(26)22-16-5-3-14(4-6-16)17(25)12-28-20-24-23-19(27-20)15-7-9-21-10-8-15/h3-10,13H,11-12H2,1-2H3,(H,22,26). The van der Waals surface area contributed by atoms with Crippen LogP contribution in [0.5, 0.6) is 0 Å². The van der Waals surface area contributed by atoms with Crippen LogP contribution in [0.25, 0.3) is 11.5 Å². The molecule has 0 bridgehead atoms. The molecule has 144 valence electrons. The van der Waals surface area contributed by atoms with Crippen molar-refractivity contribution in [1.29, 1.82) is 0 Å². The maximum absolute atomic E-state index is 12.4. The van der Waals surface area contributed by atoms with Gasteiger partial charge >= 0.3 is 0 Å². The monoisotopic (exact) mass is 396 g/mol. The lowest BCUT2D eigenvalue weighted by atomic mass is 10.1. The van der Waals surface area contributed by atoms with Crippen LogP contribution in [-0.2, 0) is 4.79 Å². The van der Waals surface area contributed by atoms with Crippen molar-refractivity contribution in [3.63, 3.8) is 0 Å². The Morgan fingerprint density at radius 3 is 2.46 bits per heavy atom. The Morgan fingerprint density at radius 1 is 1.07 bits per heavy atom. The maximum Gasteiger partial charge on any atom is 0.277 e. The van der Waals surface area contributed by atoms with Gasteiger partial charge in [0.15, 0.2) is 5.78 Å². The van der Waals surface area contributed by atoms with Crippen LogP contribution in [0, 0.1) is 5.92 Å². The van der Waals surface area contributed by atoms with Crippen molar-refractivity contribution in [2.24, 2.45) is 5.92 Å². The largest absolute Gasteiger partial charge is 0.411 e. The third-order valence-electron chi connectivity index (χ3n) is 3.74. The number of hydrogen-bond acceptors (Lipinski definition) is 7. The normalized spacial score (nSPS) is 10.8. The molecule has 28 heavy (non-hydrogen) atoms. The van der Waals surface area contributed by atoms with Crippen molar-refractivity contribution < 1.29 is 14.0 Å². The van der Waals surface area contributed by atoms with Gasteiger partial charge in [-0.05, 0) is 42.3 Å². The van der Waals surface area contributed by atoms with E-state index in [2.05, 4.69) is 20.5 Å². The molecule has 0 saturated carbocycles. The molecule has 3 aromatic rings. The van der Waals surface area contributed by atoms with Crippen LogP contribution < -0.4 is 5.32 Å². The highest BCUT2D eigenvalue weighted by molar-refractivity contribution is 7.99. The second kappa shape index (κ2) is 9.27. The van der Waals surface area contributed by atoms with Crippen LogP contribution in [0.4, 0.5) is 5.69 Å². The van der Waals surface area contributed by atoms with Gasteiger partial charge in [-0.1, -0.05) is 25.6 Å². The Labute approximate surface area is 167 Å². The average Bonchev–Trinajstić information content (AvgIpc) is 3.16. The van der Waals surface area contributed by atoms with E-state index >= 15 is 0 Å². The molecule has 0 aliphatic heterocycles. The molecule has 0 fully saturated rings. The summed E-state index contributed by atoms with van der Waals surface area (Å²) >= 11 is 1.19. The van der Waals surface area contributed by atoms with Crippen molar-refractivity contribution in [2.75, 3.05) is 11.1 Å². The molecule has 0 radical (unpaired) electrons. The molecule has 0 aliphatic carbocycles. The van der Waals surface area contributed by atoms with Crippen molar-refractivity contribution in [1.82, 2.24) is 15.2 Å². The highest BCUT2D eigenvalue weighted by atomic mass is 32.2. The number of nitrogens with zero attached hydrogens (tertiary/aromatic N) is 3. The number of hydrogen-bond donors (Lipinski definition) is 1. The van der Waals surface area contributed by atoms with E-state index in [1.54, 1.807) is 48.8 Å². The van der Waals surface area contributed by atoms with E-state index in [0.29, 0.717) is 34.7 Å². The quantitative estimate of drug-likeness (QED) is 0.452. The number of ketones is 1. The van der Waals surface area contributed by atoms with E-state index in [9.17, 15) is 9.59 Å². The van der Waals surface area contributed by atoms with Crippen LogP contribution in [0.15, 0.2) is 58.4 Å². The van der Waals surface area contributed by atoms with E-state index in [1.165, 1.54) is 11.8 Å². The summed E-state index contributed by atoms with van der Waals surface area (Å²) in [5, 5.41) is 11.1. The Morgan fingerprint density at radius 2 is 1.79 bits per heavy atom. The predicted octanol–water partition coefficient (Wildman–Crippen LogP) is 4.09. The molecule has 1 aromatic carbocycles. The van der Waals surface area contributed by atoms with Crippen LogP contribution in [0.2, 0.25) is 0 Å². The van der Waals surface area contributed by atoms with Gasteiger partial charge in [0.25, 0.3) is 5.22 Å². The van der Waals surface area contributed by atoms with Crippen molar-refractivity contribution in [3.8, 4) is 11.5 Å². The van der Waals surface area contributed by atoms with Gasteiger partial charge in [-0.25, -0.2) is 0 Å². The number of thioether (sulfide) groups is 1. The smallest absolute Gasteiger partial charge is 0.277 e. The SMILES string of the molecule is CC(C)CC(=O)Nc1ccc(C(=O)CSc2nnc(-c3ccncc3)o2)cc1. The lowest BCUT2D eigenvalue weighted by molar-refractivity contribution is -0.116. The molecule has 0 aliphatic rings.